The highest BCUT2D eigenvalue weighted by molar-refractivity contribution is 4.89. The van der Waals surface area contributed by atoms with Gasteiger partial charge in [0.05, 0.1) is 0 Å². The number of alkyl halides is 5. The van der Waals surface area contributed by atoms with Crippen LogP contribution < -0.4 is 0 Å². The van der Waals surface area contributed by atoms with Gasteiger partial charge in [-0.2, -0.15) is 22.0 Å². The van der Waals surface area contributed by atoms with Crippen LogP contribution in [0.3, 0.4) is 0 Å². The van der Waals surface area contributed by atoms with Gasteiger partial charge < -0.3 is 0 Å². The van der Waals surface area contributed by atoms with Crippen LogP contribution in [0.1, 0.15) is 64.7 Å². The SMILES string of the molecule is CC[C@H]1CC[C@H]([C@H]2CC[C@H](C(F)(F)C(F)(F)F)CC2)CC1. The minimum Gasteiger partial charge on any atom is -0.196 e. The lowest BCUT2D eigenvalue weighted by molar-refractivity contribution is -0.306. The van der Waals surface area contributed by atoms with E-state index in [-0.39, 0.29) is 12.8 Å². The smallest absolute Gasteiger partial charge is 0.196 e. The Morgan fingerprint density at radius 3 is 1.52 bits per heavy atom. The van der Waals surface area contributed by atoms with Crippen molar-refractivity contribution in [2.75, 3.05) is 0 Å². The van der Waals surface area contributed by atoms with E-state index in [0.717, 1.165) is 18.8 Å². The molecule has 0 nitrogen and oxygen atoms in total. The molecule has 0 aliphatic heterocycles. The van der Waals surface area contributed by atoms with Gasteiger partial charge in [-0.15, -0.1) is 0 Å². The lowest BCUT2D eigenvalue weighted by Gasteiger charge is -2.39. The molecule has 124 valence electrons. The van der Waals surface area contributed by atoms with Crippen molar-refractivity contribution >= 4 is 0 Å². The van der Waals surface area contributed by atoms with Crippen molar-refractivity contribution in [2.45, 2.75) is 76.8 Å². The van der Waals surface area contributed by atoms with E-state index in [4.69, 9.17) is 0 Å². The number of rotatable bonds is 3. The Bertz CT molecular complexity index is 320. The standard InChI is InChI=1S/C16H25F5/c1-2-11-3-5-12(6-4-11)13-7-9-14(10-8-13)15(17,18)16(19,20)21/h11-14H,2-10H2,1H3/t11-,12-,13-,14-. The summed E-state index contributed by atoms with van der Waals surface area (Å²) >= 11 is 0. The molecule has 0 heterocycles. The third-order valence-electron chi connectivity index (χ3n) is 5.80. The first-order chi connectivity index (χ1) is 9.75. The molecule has 0 bridgehead atoms. The summed E-state index contributed by atoms with van der Waals surface area (Å²) < 4.78 is 63.9. The van der Waals surface area contributed by atoms with Gasteiger partial charge >= 0.3 is 12.1 Å². The Kier molecular flexibility index (Phi) is 5.19. The topological polar surface area (TPSA) is 0 Å². The zero-order valence-electron chi connectivity index (χ0n) is 12.6. The first-order valence-electron chi connectivity index (χ1n) is 8.20. The number of hydrogen-bond acceptors (Lipinski definition) is 0. The number of hydrogen-bond donors (Lipinski definition) is 0. The predicted octanol–water partition coefficient (Wildman–Crippen LogP) is 6.21. The first-order valence-corrected chi connectivity index (χ1v) is 8.20. The Hall–Kier alpha value is -0.350. The van der Waals surface area contributed by atoms with Crippen LogP contribution in [0.15, 0.2) is 0 Å². The van der Waals surface area contributed by atoms with Gasteiger partial charge in [0.15, 0.2) is 0 Å². The number of halogens is 5. The van der Waals surface area contributed by atoms with Crippen LogP contribution in [0.2, 0.25) is 0 Å². The van der Waals surface area contributed by atoms with Crippen LogP contribution in [0.4, 0.5) is 22.0 Å². The van der Waals surface area contributed by atoms with Crippen molar-refractivity contribution in [1.82, 2.24) is 0 Å². The molecule has 0 spiro atoms. The van der Waals surface area contributed by atoms with E-state index in [0.29, 0.717) is 24.7 Å². The summed E-state index contributed by atoms with van der Waals surface area (Å²) in [6, 6.07) is 0. The fourth-order valence-corrected chi connectivity index (χ4v) is 4.25. The Morgan fingerprint density at radius 2 is 1.14 bits per heavy atom. The Balaban J connectivity index is 1.84. The van der Waals surface area contributed by atoms with Gasteiger partial charge in [-0.05, 0) is 56.3 Å². The van der Waals surface area contributed by atoms with E-state index < -0.39 is 18.0 Å². The molecule has 0 unspecified atom stereocenters. The summed E-state index contributed by atoms with van der Waals surface area (Å²) in [6.07, 6.45) is 1.55. The summed E-state index contributed by atoms with van der Waals surface area (Å²) in [5.41, 5.74) is 0. The van der Waals surface area contributed by atoms with Gasteiger partial charge in [-0.1, -0.05) is 26.2 Å². The molecule has 0 atom stereocenters. The maximum absolute atomic E-state index is 13.4. The molecule has 0 aromatic heterocycles. The van der Waals surface area contributed by atoms with E-state index in [1.54, 1.807) is 0 Å². The average Bonchev–Trinajstić information content (AvgIpc) is 2.46. The predicted molar refractivity (Wildman–Crippen MR) is 72.2 cm³/mol. The molecule has 0 N–H and O–H groups in total. The van der Waals surface area contributed by atoms with Gasteiger partial charge in [0.2, 0.25) is 0 Å². The zero-order chi connectivity index (χ0) is 15.7. The van der Waals surface area contributed by atoms with Crippen LogP contribution in [0, 0.1) is 23.7 Å². The third kappa shape index (κ3) is 3.70. The molecule has 0 saturated heterocycles. The highest BCUT2D eigenvalue weighted by Crippen LogP contribution is 2.50. The molecular formula is C16H25F5. The fourth-order valence-electron chi connectivity index (χ4n) is 4.25. The molecule has 0 aromatic rings. The normalized spacial score (nSPS) is 35.7. The van der Waals surface area contributed by atoms with Crippen molar-refractivity contribution in [2.24, 2.45) is 23.7 Å². The van der Waals surface area contributed by atoms with Crippen molar-refractivity contribution in [3.05, 3.63) is 0 Å². The molecule has 2 saturated carbocycles. The van der Waals surface area contributed by atoms with Gasteiger partial charge in [0, 0.05) is 5.92 Å². The lowest BCUT2D eigenvalue weighted by atomic mass is 9.68. The molecule has 0 aromatic carbocycles. The molecule has 0 amide bonds. The van der Waals surface area contributed by atoms with Crippen LogP contribution in [-0.2, 0) is 0 Å². The molecule has 5 heteroatoms. The maximum Gasteiger partial charge on any atom is 0.453 e. The quantitative estimate of drug-likeness (QED) is 0.544. The van der Waals surface area contributed by atoms with Crippen LogP contribution >= 0.6 is 0 Å². The van der Waals surface area contributed by atoms with E-state index >= 15 is 0 Å². The molecule has 2 aliphatic carbocycles. The van der Waals surface area contributed by atoms with Gasteiger partial charge in [-0.25, -0.2) is 0 Å². The van der Waals surface area contributed by atoms with Crippen molar-refractivity contribution in [3.8, 4) is 0 Å². The molecule has 2 rings (SSSR count). The fraction of sp³-hybridized carbons (Fsp3) is 1.00. The Morgan fingerprint density at radius 1 is 0.714 bits per heavy atom. The van der Waals surface area contributed by atoms with E-state index in [2.05, 4.69) is 6.92 Å². The van der Waals surface area contributed by atoms with Crippen molar-refractivity contribution in [1.29, 1.82) is 0 Å². The van der Waals surface area contributed by atoms with Crippen molar-refractivity contribution in [3.63, 3.8) is 0 Å². The monoisotopic (exact) mass is 312 g/mol. The van der Waals surface area contributed by atoms with Gasteiger partial charge in [0.25, 0.3) is 0 Å². The second-order valence-electron chi connectivity index (χ2n) is 6.92. The summed E-state index contributed by atoms with van der Waals surface area (Å²) in [5.74, 6) is -4.33. The summed E-state index contributed by atoms with van der Waals surface area (Å²) in [6.45, 7) is 2.19. The van der Waals surface area contributed by atoms with E-state index in [9.17, 15) is 22.0 Å². The van der Waals surface area contributed by atoms with Gasteiger partial charge in [0.1, 0.15) is 0 Å². The maximum atomic E-state index is 13.4. The first kappa shape index (κ1) is 17.0. The highest BCUT2D eigenvalue weighted by Gasteiger charge is 2.62. The second-order valence-corrected chi connectivity index (χ2v) is 6.92. The molecule has 21 heavy (non-hydrogen) atoms. The second kappa shape index (κ2) is 6.41. The minimum atomic E-state index is -5.40. The molecule has 0 radical (unpaired) electrons. The van der Waals surface area contributed by atoms with Crippen molar-refractivity contribution < 1.29 is 22.0 Å². The highest BCUT2D eigenvalue weighted by atomic mass is 19.4. The molecular weight excluding hydrogens is 287 g/mol. The molecule has 2 fully saturated rings. The van der Waals surface area contributed by atoms with Gasteiger partial charge in [-0.3, -0.25) is 0 Å². The lowest BCUT2D eigenvalue weighted by Crippen LogP contribution is -2.45. The summed E-state index contributed by atoms with van der Waals surface area (Å²) in [7, 11) is 0. The Labute approximate surface area is 123 Å². The summed E-state index contributed by atoms with van der Waals surface area (Å²) in [4.78, 5) is 0. The molecule has 2 aliphatic rings. The third-order valence-corrected chi connectivity index (χ3v) is 5.80. The minimum absolute atomic E-state index is 0.0187. The zero-order valence-corrected chi connectivity index (χ0v) is 12.6. The largest absolute Gasteiger partial charge is 0.453 e. The van der Waals surface area contributed by atoms with E-state index in [1.165, 1.54) is 19.3 Å². The summed E-state index contributed by atoms with van der Waals surface area (Å²) in [5, 5.41) is 0. The van der Waals surface area contributed by atoms with Crippen LogP contribution in [-0.4, -0.2) is 12.1 Å². The van der Waals surface area contributed by atoms with Crippen LogP contribution in [0.25, 0.3) is 0 Å². The average molecular weight is 312 g/mol. The van der Waals surface area contributed by atoms with Crippen LogP contribution in [0.5, 0.6) is 0 Å². The van der Waals surface area contributed by atoms with E-state index in [1.807, 2.05) is 0 Å².